The minimum atomic E-state index is 0.0143. The molecule has 1 heterocycles. The van der Waals surface area contributed by atoms with Gasteiger partial charge in [0.15, 0.2) is 0 Å². The third kappa shape index (κ3) is 2.63. The molecule has 0 aliphatic rings. The molecule has 1 aromatic heterocycles. The molecule has 18 heavy (non-hydrogen) atoms. The second kappa shape index (κ2) is 5.37. The molecule has 1 atom stereocenters. The van der Waals surface area contributed by atoms with Gasteiger partial charge >= 0.3 is 6.01 Å². The molecule has 2 aromatic rings. The monoisotopic (exact) mass is 266 g/mol. The summed E-state index contributed by atoms with van der Waals surface area (Å²) in [6.45, 7) is 3.90. The predicted octanol–water partition coefficient (Wildman–Crippen LogP) is 3.06. The van der Waals surface area contributed by atoms with Gasteiger partial charge in [-0.3, -0.25) is 0 Å². The molecule has 0 spiro atoms. The highest BCUT2D eigenvalue weighted by molar-refractivity contribution is 6.33. The lowest BCUT2D eigenvalue weighted by atomic mass is 10.2. The summed E-state index contributed by atoms with van der Waals surface area (Å²) in [5, 5.41) is 14.6. The number of hydrogen-bond donors (Lipinski definition) is 2. The molecule has 96 valence electrons. The van der Waals surface area contributed by atoms with E-state index in [1.165, 1.54) is 0 Å². The number of para-hydroxylation sites is 1. The number of hydrogen-bond acceptors (Lipinski definition) is 5. The van der Waals surface area contributed by atoms with Crippen molar-refractivity contribution in [2.75, 3.05) is 12.4 Å². The van der Waals surface area contributed by atoms with E-state index in [0.717, 1.165) is 11.3 Å². The van der Waals surface area contributed by atoms with E-state index in [0.29, 0.717) is 16.9 Å². The maximum Gasteiger partial charge on any atom is 0.320 e. The van der Waals surface area contributed by atoms with E-state index >= 15 is 0 Å². The molecular formula is C12H15ClN4O. The van der Waals surface area contributed by atoms with Crippen LogP contribution < -0.4 is 10.6 Å². The Balaban J connectivity index is 2.21. The van der Waals surface area contributed by atoms with Crippen LogP contribution in [0.3, 0.4) is 0 Å². The van der Waals surface area contributed by atoms with E-state index in [2.05, 4.69) is 20.8 Å². The Kier molecular flexibility index (Phi) is 3.84. The van der Waals surface area contributed by atoms with Gasteiger partial charge in [0.1, 0.15) is 0 Å². The van der Waals surface area contributed by atoms with Crippen LogP contribution in [-0.4, -0.2) is 17.2 Å². The molecule has 1 unspecified atom stereocenters. The lowest BCUT2D eigenvalue weighted by Crippen LogP contribution is -2.12. The number of benzene rings is 1. The molecule has 0 bridgehead atoms. The number of anilines is 2. The molecule has 0 radical (unpaired) electrons. The summed E-state index contributed by atoms with van der Waals surface area (Å²) in [4.78, 5) is 0. The van der Waals surface area contributed by atoms with Crippen LogP contribution in [0.1, 0.15) is 24.4 Å². The van der Waals surface area contributed by atoms with Gasteiger partial charge in [-0.25, -0.2) is 0 Å². The highest BCUT2D eigenvalue weighted by Gasteiger charge is 2.13. The average Bonchev–Trinajstić information content (AvgIpc) is 2.81. The molecule has 6 heteroatoms. The highest BCUT2D eigenvalue weighted by Crippen LogP contribution is 2.28. The summed E-state index contributed by atoms with van der Waals surface area (Å²) in [6.07, 6.45) is 0. The van der Waals surface area contributed by atoms with E-state index in [9.17, 15) is 0 Å². The lowest BCUT2D eigenvalue weighted by Gasteiger charge is -2.07. The molecule has 0 aliphatic carbocycles. The van der Waals surface area contributed by atoms with Gasteiger partial charge in [-0.05, 0) is 32.5 Å². The zero-order valence-electron chi connectivity index (χ0n) is 10.5. The Morgan fingerprint density at radius 3 is 2.78 bits per heavy atom. The summed E-state index contributed by atoms with van der Waals surface area (Å²) < 4.78 is 5.50. The molecular weight excluding hydrogens is 252 g/mol. The molecule has 0 fully saturated rings. The van der Waals surface area contributed by atoms with Crippen LogP contribution in [0, 0.1) is 6.92 Å². The largest absolute Gasteiger partial charge is 0.406 e. The Hall–Kier alpha value is -1.59. The van der Waals surface area contributed by atoms with Crippen LogP contribution >= 0.6 is 11.6 Å². The van der Waals surface area contributed by atoms with E-state index < -0.39 is 0 Å². The van der Waals surface area contributed by atoms with Crippen molar-refractivity contribution >= 4 is 23.3 Å². The maximum atomic E-state index is 6.11. The third-order valence-corrected chi connectivity index (χ3v) is 3.01. The van der Waals surface area contributed by atoms with Crippen LogP contribution in [0.5, 0.6) is 0 Å². The first-order chi connectivity index (χ1) is 8.61. The van der Waals surface area contributed by atoms with Crippen molar-refractivity contribution in [2.45, 2.75) is 19.9 Å². The van der Waals surface area contributed by atoms with Gasteiger partial charge in [0.05, 0.1) is 16.8 Å². The van der Waals surface area contributed by atoms with Gasteiger partial charge in [-0.1, -0.05) is 28.8 Å². The van der Waals surface area contributed by atoms with Gasteiger partial charge in [0.25, 0.3) is 0 Å². The topological polar surface area (TPSA) is 63.0 Å². The van der Waals surface area contributed by atoms with E-state index in [4.69, 9.17) is 16.0 Å². The second-order valence-corrected chi connectivity index (χ2v) is 4.42. The number of halogens is 1. The van der Waals surface area contributed by atoms with Gasteiger partial charge < -0.3 is 15.1 Å². The van der Waals surface area contributed by atoms with Crippen molar-refractivity contribution in [1.29, 1.82) is 0 Å². The SMILES string of the molecule is CNC(C)c1nnc(Nc2c(C)cccc2Cl)o1. The number of nitrogens with one attached hydrogen (secondary N) is 2. The van der Waals surface area contributed by atoms with E-state index in [1.54, 1.807) is 0 Å². The molecule has 1 aromatic carbocycles. The van der Waals surface area contributed by atoms with E-state index in [-0.39, 0.29) is 6.04 Å². The summed E-state index contributed by atoms with van der Waals surface area (Å²) in [5.41, 5.74) is 1.80. The summed E-state index contributed by atoms with van der Waals surface area (Å²) in [6, 6.07) is 6.01. The van der Waals surface area contributed by atoms with Crippen molar-refractivity contribution in [3.05, 3.63) is 34.7 Å². The van der Waals surface area contributed by atoms with Crippen molar-refractivity contribution in [2.24, 2.45) is 0 Å². The van der Waals surface area contributed by atoms with E-state index in [1.807, 2.05) is 39.1 Å². The minimum Gasteiger partial charge on any atom is -0.406 e. The smallest absolute Gasteiger partial charge is 0.320 e. The fourth-order valence-corrected chi connectivity index (χ4v) is 1.75. The summed E-state index contributed by atoms with van der Waals surface area (Å²) in [7, 11) is 1.83. The average molecular weight is 267 g/mol. The van der Waals surface area contributed by atoms with Crippen LogP contribution in [0.25, 0.3) is 0 Å². The first kappa shape index (κ1) is 12.9. The fraction of sp³-hybridized carbons (Fsp3) is 0.333. The number of aromatic nitrogens is 2. The minimum absolute atomic E-state index is 0.0143. The quantitative estimate of drug-likeness (QED) is 0.891. The second-order valence-electron chi connectivity index (χ2n) is 4.01. The van der Waals surface area contributed by atoms with Crippen LogP contribution in [-0.2, 0) is 0 Å². The standard InChI is InChI=1S/C12H15ClN4O/c1-7-5-4-6-9(13)10(7)15-12-17-16-11(18-12)8(2)14-3/h4-6,8,14H,1-3H3,(H,15,17). The van der Waals surface area contributed by atoms with Crippen LogP contribution in [0.2, 0.25) is 5.02 Å². The van der Waals surface area contributed by atoms with Crippen molar-refractivity contribution in [3.8, 4) is 0 Å². The van der Waals surface area contributed by atoms with Gasteiger partial charge in [0.2, 0.25) is 5.89 Å². The van der Waals surface area contributed by atoms with Crippen LogP contribution in [0.4, 0.5) is 11.7 Å². The van der Waals surface area contributed by atoms with Gasteiger partial charge in [-0.15, -0.1) is 5.10 Å². The zero-order chi connectivity index (χ0) is 13.1. The Labute approximate surface area is 111 Å². The van der Waals surface area contributed by atoms with Crippen molar-refractivity contribution in [1.82, 2.24) is 15.5 Å². The first-order valence-electron chi connectivity index (χ1n) is 5.64. The number of rotatable bonds is 4. The molecule has 0 saturated carbocycles. The van der Waals surface area contributed by atoms with Gasteiger partial charge in [-0.2, -0.15) is 0 Å². The van der Waals surface area contributed by atoms with Crippen LogP contribution in [0.15, 0.2) is 22.6 Å². The summed E-state index contributed by atoms with van der Waals surface area (Å²) >= 11 is 6.11. The number of nitrogens with zero attached hydrogens (tertiary/aromatic N) is 2. The van der Waals surface area contributed by atoms with Crippen molar-refractivity contribution < 1.29 is 4.42 Å². The molecule has 0 aliphatic heterocycles. The first-order valence-corrected chi connectivity index (χ1v) is 6.02. The Morgan fingerprint density at radius 2 is 2.11 bits per heavy atom. The predicted molar refractivity (Wildman–Crippen MR) is 71.2 cm³/mol. The zero-order valence-corrected chi connectivity index (χ0v) is 11.2. The lowest BCUT2D eigenvalue weighted by molar-refractivity contribution is 0.443. The molecule has 5 nitrogen and oxygen atoms in total. The third-order valence-electron chi connectivity index (χ3n) is 2.70. The molecule has 2 rings (SSSR count). The normalized spacial score (nSPS) is 12.4. The highest BCUT2D eigenvalue weighted by atomic mass is 35.5. The Morgan fingerprint density at radius 1 is 1.33 bits per heavy atom. The van der Waals surface area contributed by atoms with Gasteiger partial charge in [0, 0.05) is 0 Å². The Bertz CT molecular complexity index is 520. The maximum absolute atomic E-state index is 6.11. The summed E-state index contributed by atoms with van der Waals surface area (Å²) in [5.74, 6) is 0.532. The fourth-order valence-electron chi connectivity index (χ4n) is 1.48. The molecule has 2 N–H and O–H groups in total. The van der Waals surface area contributed by atoms with Crippen molar-refractivity contribution in [3.63, 3.8) is 0 Å². The number of aryl methyl sites for hydroxylation is 1. The molecule has 0 amide bonds. The molecule has 0 saturated heterocycles.